The van der Waals surface area contributed by atoms with Gasteiger partial charge in [0.15, 0.2) is 0 Å². The zero-order valence-electron chi connectivity index (χ0n) is 10.4. The van der Waals surface area contributed by atoms with E-state index in [-0.39, 0.29) is 11.5 Å². The number of hydrazone groups is 2. The number of nitrogens with zero attached hydrogens (tertiary/aromatic N) is 2. The van der Waals surface area contributed by atoms with E-state index in [1.165, 1.54) is 6.21 Å². The summed E-state index contributed by atoms with van der Waals surface area (Å²) in [4.78, 5) is 11.0. The largest absolute Gasteiger partial charge is 0.478 e. The topological polar surface area (TPSA) is 126 Å². The molecule has 0 fully saturated rings. The van der Waals surface area contributed by atoms with Crippen molar-refractivity contribution in [3.8, 4) is 0 Å². The Kier molecular flexibility index (Phi) is 5.09. The lowest BCUT2D eigenvalue weighted by molar-refractivity contribution is -0.130. The van der Waals surface area contributed by atoms with E-state index >= 15 is 0 Å². The first-order valence-electron chi connectivity index (χ1n) is 5.41. The van der Waals surface area contributed by atoms with Crippen LogP contribution in [0.25, 0.3) is 5.57 Å². The number of aliphatic carboxylic acids is 1. The molecule has 0 saturated carbocycles. The Morgan fingerprint density at radius 2 is 2.00 bits per heavy atom. The van der Waals surface area contributed by atoms with Crippen molar-refractivity contribution in [1.29, 1.82) is 0 Å². The second-order valence-electron chi connectivity index (χ2n) is 3.51. The van der Waals surface area contributed by atoms with E-state index in [0.29, 0.717) is 5.56 Å². The van der Waals surface area contributed by atoms with E-state index in [9.17, 15) is 4.79 Å². The first kappa shape index (κ1) is 14.2. The standard InChI is InChI=1S/C12H15N5O2/c1-2-10(11(18)19)9-5-3-8(4-6-9)7-15-17-12(13)16-14/h2-7H,14H2,1H3,(H,18,19)(H3,13,16,17)/b10-2+,15-7+. The number of carbonyl (C=O) groups is 1. The van der Waals surface area contributed by atoms with E-state index in [1.54, 1.807) is 37.3 Å². The average Bonchev–Trinajstić information content (AvgIpc) is 2.40. The van der Waals surface area contributed by atoms with Gasteiger partial charge in [-0.05, 0) is 18.1 Å². The highest BCUT2D eigenvalue weighted by molar-refractivity contribution is 6.15. The molecule has 100 valence electrons. The van der Waals surface area contributed by atoms with Gasteiger partial charge >= 0.3 is 5.97 Å². The highest BCUT2D eigenvalue weighted by Crippen LogP contribution is 2.14. The maximum absolute atomic E-state index is 11.0. The number of hydrogen-bond donors (Lipinski definition) is 4. The Morgan fingerprint density at radius 1 is 1.37 bits per heavy atom. The van der Waals surface area contributed by atoms with Crippen LogP contribution in [0.1, 0.15) is 18.1 Å². The third kappa shape index (κ3) is 4.15. The molecular formula is C12H15N5O2. The Morgan fingerprint density at radius 3 is 2.47 bits per heavy atom. The molecule has 7 heteroatoms. The molecule has 7 nitrogen and oxygen atoms in total. The van der Waals surface area contributed by atoms with Crippen LogP contribution in [0.4, 0.5) is 0 Å². The second-order valence-corrected chi connectivity index (χ2v) is 3.51. The molecular weight excluding hydrogens is 246 g/mol. The van der Waals surface area contributed by atoms with Gasteiger partial charge in [-0.1, -0.05) is 30.3 Å². The quantitative estimate of drug-likeness (QED) is 0.204. The lowest BCUT2D eigenvalue weighted by atomic mass is 10.0. The average molecular weight is 261 g/mol. The Balaban J connectivity index is 2.80. The number of allylic oxidation sites excluding steroid dienone is 1. The van der Waals surface area contributed by atoms with Gasteiger partial charge in [-0.15, -0.1) is 5.10 Å². The summed E-state index contributed by atoms with van der Waals surface area (Å²) in [7, 11) is 0. The smallest absolute Gasteiger partial charge is 0.335 e. The number of nitrogens with one attached hydrogen (secondary N) is 1. The zero-order chi connectivity index (χ0) is 14.3. The van der Waals surface area contributed by atoms with E-state index in [4.69, 9.17) is 16.7 Å². The SMILES string of the molecule is C/C=C(/C(=O)O)c1ccc(/C=N/NC(N)=NN)cc1. The maximum Gasteiger partial charge on any atom is 0.335 e. The molecule has 0 unspecified atom stereocenters. The maximum atomic E-state index is 11.0. The molecule has 0 bridgehead atoms. The van der Waals surface area contributed by atoms with Crippen LogP contribution in [-0.2, 0) is 4.79 Å². The summed E-state index contributed by atoms with van der Waals surface area (Å²) in [5, 5.41) is 16.0. The molecule has 1 rings (SSSR count). The molecule has 0 radical (unpaired) electrons. The van der Waals surface area contributed by atoms with Crippen LogP contribution < -0.4 is 17.0 Å². The molecule has 0 heterocycles. The Hall–Kier alpha value is -2.83. The summed E-state index contributed by atoms with van der Waals surface area (Å²) in [6, 6.07) is 6.88. The summed E-state index contributed by atoms with van der Waals surface area (Å²) in [6.45, 7) is 1.68. The number of hydrogen-bond acceptors (Lipinski definition) is 4. The summed E-state index contributed by atoms with van der Waals surface area (Å²) in [6.07, 6.45) is 3.06. The van der Waals surface area contributed by atoms with Crippen LogP contribution in [0.5, 0.6) is 0 Å². The highest BCUT2D eigenvalue weighted by atomic mass is 16.4. The molecule has 0 saturated heterocycles. The predicted molar refractivity (Wildman–Crippen MR) is 74.3 cm³/mol. The number of nitrogens with two attached hydrogens (primary N) is 2. The third-order valence-corrected chi connectivity index (χ3v) is 2.27. The van der Waals surface area contributed by atoms with Crippen LogP contribution in [0.3, 0.4) is 0 Å². The summed E-state index contributed by atoms with van der Waals surface area (Å²) >= 11 is 0. The van der Waals surface area contributed by atoms with Gasteiger partial charge in [0.2, 0.25) is 5.96 Å². The molecule has 1 aromatic carbocycles. The molecule has 6 N–H and O–H groups in total. The summed E-state index contributed by atoms with van der Waals surface area (Å²) in [5.74, 6) is 3.95. The van der Waals surface area contributed by atoms with Gasteiger partial charge < -0.3 is 16.7 Å². The van der Waals surface area contributed by atoms with Crippen molar-refractivity contribution in [2.45, 2.75) is 6.92 Å². The first-order chi connectivity index (χ1) is 9.08. The van der Waals surface area contributed by atoms with Crippen LogP contribution in [-0.4, -0.2) is 23.2 Å². The van der Waals surface area contributed by atoms with Crippen molar-refractivity contribution in [2.24, 2.45) is 21.8 Å². The van der Waals surface area contributed by atoms with E-state index in [2.05, 4.69) is 15.6 Å². The number of carboxylic acids is 1. The first-order valence-corrected chi connectivity index (χ1v) is 5.41. The molecule has 0 amide bonds. The fourth-order valence-electron chi connectivity index (χ4n) is 1.36. The Bertz CT molecular complexity index is 532. The van der Waals surface area contributed by atoms with Crippen LogP contribution >= 0.6 is 0 Å². The van der Waals surface area contributed by atoms with Crippen molar-refractivity contribution in [1.82, 2.24) is 5.43 Å². The van der Waals surface area contributed by atoms with Crippen molar-refractivity contribution in [2.75, 3.05) is 0 Å². The van der Waals surface area contributed by atoms with E-state index in [0.717, 1.165) is 5.56 Å². The minimum Gasteiger partial charge on any atom is -0.478 e. The molecule has 0 atom stereocenters. The molecule has 0 aliphatic carbocycles. The van der Waals surface area contributed by atoms with Crippen LogP contribution in [0, 0.1) is 0 Å². The lowest BCUT2D eigenvalue weighted by Crippen LogP contribution is -2.28. The minimum absolute atomic E-state index is 0.00468. The van der Waals surface area contributed by atoms with E-state index < -0.39 is 5.97 Å². The van der Waals surface area contributed by atoms with Gasteiger partial charge in [0, 0.05) is 0 Å². The number of rotatable bonds is 4. The normalized spacial score (nSPS) is 12.7. The van der Waals surface area contributed by atoms with Gasteiger partial charge in [0.05, 0.1) is 11.8 Å². The van der Waals surface area contributed by atoms with Gasteiger partial charge in [-0.25, -0.2) is 10.2 Å². The zero-order valence-corrected chi connectivity index (χ0v) is 10.4. The molecule has 0 aromatic heterocycles. The lowest BCUT2D eigenvalue weighted by Gasteiger charge is -2.02. The van der Waals surface area contributed by atoms with Crippen LogP contribution in [0.2, 0.25) is 0 Å². The summed E-state index contributed by atoms with van der Waals surface area (Å²) < 4.78 is 0. The van der Waals surface area contributed by atoms with Crippen LogP contribution in [0.15, 0.2) is 40.5 Å². The summed E-state index contributed by atoms with van der Waals surface area (Å²) in [5.41, 5.74) is 9.35. The van der Waals surface area contributed by atoms with Crippen molar-refractivity contribution >= 4 is 23.7 Å². The van der Waals surface area contributed by atoms with Crippen molar-refractivity contribution < 1.29 is 9.90 Å². The second kappa shape index (κ2) is 6.80. The van der Waals surface area contributed by atoms with Gasteiger partial charge in [0.25, 0.3) is 0 Å². The van der Waals surface area contributed by atoms with Crippen molar-refractivity contribution in [3.05, 3.63) is 41.5 Å². The molecule has 1 aromatic rings. The fraction of sp³-hybridized carbons (Fsp3) is 0.0833. The van der Waals surface area contributed by atoms with Gasteiger partial charge in [0.1, 0.15) is 0 Å². The number of benzene rings is 1. The molecule has 0 aliphatic heterocycles. The molecule has 0 aliphatic rings. The number of carboxylic acid groups (broad SMARTS) is 1. The third-order valence-electron chi connectivity index (χ3n) is 2.27. The van der Waals surface area contributed by atoms with Gasteiger partial charge in [-0.2, -0.15) is 5.10 Å². The molecule has 19 heavy (non-hydrogen) atoms. The molecule has 0 spiro atoms. The monoisotopic (exact) mass is 261 g/mol. The predicted octanol–water partition coefficient (Wildman–Crippen LogP) is 0.286. The van der Waals surface area contributed by atoms with E-state index in [1.807, 2.05) is 0 Å². The highest BCUT2D eigenvalue weighted by Gasteiger charge is 2.07. The number of guanidine groups is 1. The minimum atomic E-state index is -0.961. The Labute approximate surface area is 110 Å². The van der Waals surface area contributed by atoms with Gasteiger partial charge in [-0.3, -0.25) is 0 Å². The van der Waals surface area contributed by atoms with Crippen molar-refractivity contribution in [3.63, 3.8) is 0 Å². The fourth-order valence-corrected chi connectivity index (χ4v) is 1.36.